The molecule has 2 heterocycles. The van der Waals surface area contributed by atoms with Gasteiger partial charge in [-0.2, -0.15) is 0 Å². The number of fused-ring (bicyclic) bond motifs is 1. The van der Waals surface area contributed by atoms with Gasteiger partial charge < -0.3 is 10.3 Å². The van der Waals surface area contributed by atoms with Crippen LogP contribution in [0.5, 0.6) is 0 Å². The normalized spacial score (nSPS) is 11.7. The lowest BCUT2D eigenvalue weighted by Gasteiger charge is -2.18. The highest BCUT2D eigenvalue weighted by Gasteiger charge is 2.24. The van der Waals surface area contributed by atoms with Gasteiger partial charge in [-0.05, 0) is 41.6 Å². The number of H-pyrrole nitrogens is 1. The quantitative estimate of drug-likeness (QED) is 0.342. The first-order chi connectivity index (χ1) is 15.5. The molecule has 0 bridgehead atoms. The van der Waals surface area contributed by atoms with Gasteiger partial charge in [-0.25, -0.2) is 0 Å². The van der Waals surface area contributed by atoms with Gasteiger partial charge in [0.1, 0.15) is 6.04 Å². The number of carbonyl (C=O) groups is 3. The summed E-state index contributed by atoms with van der Waals surface area (Å²) in [5.74, 6) is -1.28. The van der Waals surface area contributed by atoms with Crippen molar-refractivity contribution >= 4 is 40.0 Å². The minimum atomic E-state index is -0.888. The predicted molar refractivity (Wildman–Crippen MR) is 124 cm³/mol. The van der Waals surface area contributed by atoms with Crippen LogP contribution in [0.15, 0.2) is 72.2 Å². The van der Waals surface area contributed by atoms with Crippen LogP contribution in [0, 0.1) is 6.92 Å². The van der Waals surface area contributed by atoms with Crippen LogP contribution in [0.25, 0.3) is 10.9 Å². The molecule has 8 heteroatoms. The van der Waals surface area contributed by atoms with E-state index in [1.807, 2.05) is 49.5 Å². The molecule has 0 saturated carbocycles. The molecule has 7 nitrogen and oxygen atoms in total. The zero-order valence-corrected chi connectivity index (χ0v) is 18.2. The third-order valence-electron chi connectivity index (χ3n) is 5.15. The van der Waals surface area contributed by atoms with E-state index in [9.17, 15) is 14.4 Å². The number of aromatic nitrogens is 1. The SMILES string of the molecule is Cc1ccccc1C(=O)NNC(=O)[C@H](Cc1c[nH]c2ccccc12)NC(=O)c1cccs1. The van der Waals surface area contributed by atoms with Gasteiger partial charge in [0.2, 0.25) is 0 Å². The van der Waals surface area contributed by atoms with Gasteiger partial charge in [0.25, 0.3) is 17.7 Å². The zero-order chi connectivity index (χ0) is 22.5. The van der Waals surface area contributed by atoms with E-state index in [1.54, 1.807) is 29.6 Å². The van der Waals surface area contributed by atoms with Gasteiger partial charge in [0.05, 0.1) is 4.88 Å². The maximum atomic E-state index is 13.0. The highest BCUT2D eigenvalue weighted by atomic mass is 32.1. The highest BCUT2D eigenvalue weighted by Crippen LogP contribution is 2.19. The third kappa shape index (κ3) is 4.70. The summed E-state index contributed by atoms with van der Waals surface area (Å²) in [6.45, 7) is 1.82. The second-order valence-electron chi connectivity index (χ2n) is 7.33. The molecule has 0 radical (unpaired) electrons. The summed E-state index contributed by atoms with van der Waals surface area (Å²) in [7, 11) is 0. The van der Waals surface area contributed by atoms with E-state index in [0.29, 0.717) is 10.4 Å². The van der Waals surface area contributed by atoms with E-state index in [0.717, 1.165) is 22.0 Å². The van der Waals surface area contributed by atoms with Gasteiger partial charge in [-0.3, -0.25) is 25.2 Å². The highest BCUT2D eigenvalue weighted by molar-refractivity contribution is 7.12. The molecular weight excluding hydrogens is 424 g/mol. The average Bonchev–Trinajstić information content (AvgIpc) is 3.48. The summed E-state index contributed by atoms with van der Waals surface area (Å²) >= 11 is 1.29. The summed E-state index contributed by atoms with van der Waals surface area (Å²) in [4.78, 5) is 41.8. The van der Waals surface area contributed by atoms with E-state index >= 15 is 0 Å². The molecule has 2 aromatic heterocycles. The monoisotopic (exact) mass is 446 g/mol. The summed E-state index contributed by atoms with van der Waals surface area (Å²) in [6, 6.07) is 17.4. The van der Waals surface area contributed by atoms with Crippen molar-refractivity contribution in [2.75, 3.05) is 0 Å². The first kappa shape index (κ1) is 21.3. The smallest absolute Gasteiger partial charge is 0.269 e. The number of aromatic amines is 1. The number of hydrogen-bond acceptors (Lipinski definition) is 4. The summed E-state index contributed by atoms with van der Waals surface area (Å²) in [6.07, 6.45) is 2.08. The summed E-state index contributed by atoms with van der Waals surface area (Å²) < 4.78 is 0. The number of rotatable bonds is 6. The van der Waals surface area contributed by atoms with Crippen molar-refractivity contribution in [3.05, 3.63) is 93.8 Å². The number of hydrogen-bond donors (Lipinski definition) is 4. The average molecular weight is 447 g/mol. The lowest BCUT2D eigenvalue weighted by atomic mass is 10.0. The number of amides is 3. The molecular formula is C24H22N4O3S. The fourth-order valence-corrected chi connectivity index (χ4v) is 4.09. The van der Waals surface area contributed by atoms with Crippen LogP contribution in [-0.4, -0.2) is 28.7 Å². The summed E-state index contributed by atoms with van der Waals surface area (Å²) in [5.41, 5.74) is 7.99. The minimum Gasteiger partial charge on any atom is -0.361 e. The maximum Gasteiger partial charge on any atom is 0.269 e. The number of thiophene rings is 1. The molecule has 0 aliphatic heterocycles. The molecule has 3 amide bonds. The molecule has 1 atom stereocenters. The number of hydrazine groups is 1. The number of para-hydroxylation sites is 1. The van der Waals surface area contributed by atoms with E-state index in [4.69, 9.17) is 0 Å². The molecule has 0 unspecified atom stereocenters. The fraction of sp³-hybridized carbons (Fsp3) is 0.125. The van der Waals surface area contributed by atoms with Crippen molar-refractivity contribution in [3.63, 3.8) is 0 Å². The number of aryl methyl sites for hydroxylation is 1. The third-order valence-corrected chi connectivity index (χ3v) is 6.02. The van der Waals surface area contributed by atoms with Crippen molar-refractivity contribution in [1.29, 1.82) is 0 Å². The Bertz CT molecular complexity index is 1260. The lowest BCUT2D eigenvalue weighted by molar-refractivity contribution is -0.123. The Hall–Kier alpha value is -3.91. The lowest BCUT2D eigenvalue weighted by Crippen LogP contribution is -2.53. The Labute approximate surface area is 188 Å². The largest absolute Gasteiger partial charge is 0.361 e. The molecule has 0 fully saturated rings. The van der Waals surface area contributed by atoms with Crippen molar-refractivity contribution < 1.29 is 14.4 Å². The van der Waals surface area contributed by atoms with Crippen LogP contribution in [0.1, 0.15) is 31.2 Å². The van der Waals surface area contributed by atoms with Gasteiger partial charge in [0.15, 0.2) is 0 Å². The Morgan fingerprint density at radius 1 is 0.938 bits per heavy atom. The van der Waals surface area contributed by atoms with Gasteiger partial charge in [-0.15, -0.1) is 11.3 Å². The van der Waals surface area contributed by atoms with Crippen molar-refractivity contribution in [3.8, 4) is 0 Å². The predicted octanol–water partition coefficient (Wildman–Crippen LogP) is 3.34. The molecule has 0 aliphatic rings. The van der Waals surface area contributed by atoms with Gasteiger partial charge >= 0.3 is 0 Å². The van der Waals surface area contributed by atoms with Crippen molar-refractivity contribution in [1.82, 2.24) is 21.2 Å². The number of carbonyl (C=O) groups excluding carboxylic acids is 3. The maximum absolute atomic E-state index is 13.0. The van der Waals surface area contributed by atoms with Gasteiger partial charge in [-0.1, -0.05) is 42.5 Å². The molecule has 4 aromatic rings. The number of nitrogens with one attached hydrogen (secondary N) is 4. The Morgan fingerprint density at radius 3 is 2.50 bits per heavy atom. The van der Waals surface area contributed by atoms with E-state index in [-0.39, 0.29) is 12.3 Å². The van der Waals surface area contributed by atoms with Crippen molar-refractivity contribution in [2.24, 2.45) is 0 Å². The molecule has 4 N–H and O–H groups in total. The second-order valence-corrected chi connectivity index (χ2v) is 8.27. The first-order valence-electron chi connectivity index (χ1n) is 10.1. The van der Waals surface area contributed by atoms with Crippen LogP contribution in [0.4, 0.5) is 0 Å². The second kappa shape index (κ2) is 9.49. The fourth-order valence-electron chi connectivity index (χ4n) is 3.47. The zero-order valence-electron chi connectivity index (χ0n) is 17.3. The molecule has 0 spiro atoms. The molecule has 0 saturated heterocycles. The molecule has 2 aromatic carbocycles. The summed E-state index contributed by atoms with van der Waals surface area (Å²) in [5, 5.41) is 5.56. The molecule has 4 rings (SSSR count). The Morgan fingerprint density at radius 2 is 1.72 bits per heavy atom. The molecule has 0 aliphatic carbocycles. The molecule has 32 heavy (non-hydrogen) atoms. The van der Waals surface area contributed by atoms with Crippen LogP contribution in [-0.2, 0) is 11.2 Å². The Kier molecular flexibility index (Phi) is 6.32. The number of benzene rings is 2. The van der Waals surface area contributed by atoms with E-state index in [1.165, 1.54) is 11.3 Å². The van der Waals surface area contributed by atoms with Crippen LogP contribution in [0.3, 0.4) is 0 Å². The molecule has 162 valence electrons. The van der Waals surface area contributed by atoms with Crippen molar-refractivity contribution in [2.45, 2.75) is 19.4 Å². The van der Waals surface area contributed by atoms with E-state index < -0.39 is 17.9 Å². The minimum absolute atomic E-state index is 0.257. The van der Waals surface area contributed by atoms with Gasteiger partial charge in [0, 0.05) is 29.1 Å². The van der Waals surface area contributed by atoms with Crippen LogP contribution < -0.4 is 16.2 Å². The van der Waals surface area contributed by atoms with Crippen LogP contribution in [0.2, 0.25) is 0 Å². The standard InChI is InChI=1S/C24H22N4O3S/c1-15-7-2-3-8-17(15)22(29)27-28-23(30)20(26-24(31)21-11-6-12-32-21)13-16-14-25-19-10-5-4-9-18(16)19/h2-12,14,20,25H,13H2,1H3,(H,26,31)(H,27,29)(H,28,30)/t20-/m0/s1. The van der Waals surface area contributed by atoms with E-state index in [2.05, 4.69) is 21.2 Å². The topological polar surface area (TPSA) is 103 Å². The first-order valence-corrected chi connectivity index (χ1v) is 11.0. The van der Waals surface area contributed by atoms with Crippen LogP contribution >= 0.6 is 11.3 Å². The Balaban J connectivity index is 1.51.